The maximum absolute atomic E-state index is 13.9. The van der Waals surface area contributed by atoms with E-state index in [2.05, 4.69) is 36.9 Å². The van der Waals surface area contributed by atoms with Gasteiger partial charge in [-0.2, -0.15) is 0 Å². The van der Waals surface area contributed by atoms with E-state index < -0.39 is 114 Å². The van der Waals surface area contributed by atoms with E-state index in [1.54, 1.807) is 38.1 Å². The summed E-state index contributed by atoms with van der Waals surface area (Å²) in [6, 6.07) is -0.606. The second kappa shape index (κ2) is 27.4. The predicted octanol–water partition coefficient (Wildman–Crippen LogP) is -4.45. The fourth-order valence-corrected chi connectivity index (χ4v) is 5.75. The molecular weight excluding hydrogens is 798 g/mol. The van der Waals surface area contributed by atoms with Crippen LogP contribution in [0.15, 0.2) is 35.3 Å². The molecule has 23 heteroatoms. The summed E-state index contributed by atoms with van der Waals surface area (Å²) in [5.41, 5.74) is 34.0. The van der Waals surface area contributed by atoms with Crippen LogP contribution in [0.2, 0.25) is 0 Å². The van der Waals surface area contributed by atoms with Gasteiger partial charge in [0, 0.05) is 6.54 Å². The first-order valence-corrected chi connectivity index (χ1v) is 19.9. The van der Waals surface area contributed by atoms with E-state index in [4.69, 9.17) is 34.4 Å². The molecule has 23 nitrogen and oxygen atoms in total. The summed E-state index contributed by atoms with van der Waals surface area (Å²) in [4.78, 5) is 120. The molecule has 0 saturated carbocycles. The van der Waals surface area contributed by atoms with Crippen molar-refractivity contribution < 1.29 is 48.3 Å². The van der Waals surface area contributed by atoms with E-state index >= 15 is 0 Å². The standard InChI is InChI=1S/C38H63N13O10/c1-4-20(2)30(51-32(55)23(40)17-22-11-6-5-7-12-22)36(59)48-25(14-10-16-45-38(43)44)34(57)49-26(18-28(41)52)35(58)47-24(13-8-9-15-39)33(56)46-21(3)31(54)50-27(37(60)61)19-29(42)53/h5-7,11-12,20-21,23-27,30H,4,8-10,13-19,39-40H2,1-3H3,(H2,41,52)(H2,42,53)(H,46,56)(H,47,58)(H,48,59)(H,49,57)(H,50,54)(H,51,55)(H,60,61)(H4,43,44,45)/t20-,21-,23-,24-,25-,26-,27-,30-/m0/s1. The third-order valence-electron chi connectivity index (χ3n) is 9.40. The number of amides is 8. The second-order valence-corrected chi connectivity index (χ2v) is 14.6. The number of guanidine groups is 1. The van der Waals surface area contributed by atoms with E-state index in [1.807, 2.05) is 6.07 Å². The van der Waals surface area contributed by atoms with Gasteiger partial charge in [0.15, 0.2) is 5.96 Å². The van der Waals surface area contributed by atoms with Gasteiger partial charge in [-0.05, 0) is 63.5 Å². The number of benzene rings is 1. The molecule has 0 fully saturated rings. The Balaban J connectivity index is 3.33. The molecule has 0 aliphatic rings. The Hall–Kier alpha value is -6.36. The predicted molar refractivity (Wildman–Crippen MR) is 223 cm³/mol. The lowest BCUT2D eigenvalue weighted by Crippen LogP contribution is -2.60. The highest BCUT2D eigenvalue weighted by atomic mass is 16.4. The monoisotopic (exact) mass is 861 g/mol. The maximum Gasteiger partial charge on any atom is 0.326 e. The van der Waals surface area contributed by atoms with Crippen LogP contribution in [0.5, 0.6) is 0 Å². The van der Waals surface area contributed by atoms with Crippen LogP contribution in [0.4, 0.5) is 0 Å². The summed E-state index contributed by atoms with van der Waals surface area (Å²) in [6.45, 7) is 5.02. The van der Waals surface area contributed by atoms with Crippen LogP contribution in [0.25, 0.3) is 0 Å². The maximum atomic E-state index is 13.9. The number of nitrogens with two attached hydrogens (primary N) is 6. The smallest absolute Gasteiger partial charge is 0.326 e. The third kappa shape index (κ3) is 20.4. The number of rotatable bonds is 29. The van der Waals surface area contributed by atoms with Crippen molar-refractivity contribution in [1.82, 2.24) is 31.9 Å². The van der Waals surface area contributed by atoms with Gasteiger partial charge in [-0.15, -0.1) is 0 Å². The van der Waals surface area contributed by atoms with Gasteiger partial charge < -0.3 is 71.4 Å². The van der Waals surface area contributed by atoms with Crippen molar-refractivity contribution in [3.05, 3.63) is 35.9 Å². The number of nitrogens with one attached hydrogen (secondary N) is 6. The summed E-state index contributed by atoms with van der Waals surface area (Å²) in [7, 11) is 0. The molecule has 1 aromatic rings. The number of hydrogen-bond donors (Lipinski definition) is 13. The number of carboxylic acid groups (broad SMARTS) is 1. The van der Waals surface area contributed by atoms with Crippen molar-refractivity contribution in [2.75, 3.05) is 13.1 Å². The highest BCUT2D eigenvalue weighted by Crippen LogP contribution is 2.12. The number of carbonyl (C=O) groups is 9. The van der Waals surface area contributed by atoms with E-state index in [0.717, 1.165) is 5.56 Å². The summed E-state index contributed by atoms with van der Waals surface area (Å²) in [5, 5.41) is 24.0. The van der Waals surface area contributed by atoms with E-state index in [-0.39, 0.29) is 44.7 Å². The van der Waals surface area contributed by atoms with Crippen molar-refractivity contribution in [1.29, 1.82) is 0 Å². The average Bonchev–Trinajstić information content (AvgIpc) is 3.19. The molecule has 8 atom stereocenters. The average molecular weight is 862 g/mol. The summed E-state index contributed by atoms with van der Waals surface area (Å²) < 4.78 is 0. The van der Waals surface area contributed by atoms with Gasteiger partial charge in [0.1, 0.15) is 36.3 Å². The van der Waals surface area contributed by atoms with Crippen molar-refractivity contribution in [2.24, 2.45) is 45.3 Å². The van der Waals surface area contributed by atoms with Crippen LogP contribution >= 0.6 is 0 Å². The van der Waals surface area contributed by atoms with E-state index in [1.165, 1.54) is 6.92 Å². The Bertz CT molecular complexity index is 1690. The van der Waals surface area contributed by atoms with Crippen LogP contribution in [-0.4, -0.2) is 120 Å². The molecule has 1 aromatic carbocycles. The van der Waals surface area contributed by atoms with Crippen LogP contribution in [-0.2, 0) is 49.6 Å². The lowest BCUT2D eigenvalue weighted by molar-refractivity contribution is -0.143. The minimum absolute atomic E-state index is 0.0268. The number of primary amides is 2. The molecule has 19 N–H and O–H groups in total. The fourth-order valence-electron chi connectivity index (χ4n) is 5.75. The van der Waals surface area contributed by atoms with Gasteiger partial charge in [-0.3, -0.25) is 43.3 Å². The summed E-state index contributed by atoms with van der Waals surface area (Å²) in [6.07, 6.45) is -0.0704. The number of carboxylic acids is 1. The van der Waals surface area contributed by atoms with Crippen LogP contribution in [0.1, 0.15) is 77.7 Å². The minimum atomic E-state index is -1.68. The Labute approximate surface area is 354 Å². The van der Waals surface area contributed by atoms with Gasteiger partial charge in [0.25, 0.3) is 0 Å². The molecular formula is C38H63N13O10. The van der Waals surface area contributed by atoms with Gasteiger partial charge in [-0.25, -0.2) is 4.79 Å². The van der Waals surface area contributed by atoms with Crippen molar-refractivity contribution >= 4 is 59.2 Å². The number of carbonyl (C=O) groups excluding carboxylic acids is 8. The highest BCUT2D eigenvalue weighted by molar-refractivity contribution is 5.98. The molecule has 0 saturated heterocycles. The van der Waals surface area contributed by atoms with Crippen molar-refractivity contribution in [3.63, 3.8) is 0 Å². The first-order chi connectivity index (χ1) is 28.7. The third-order valence-corrected chi connectivity index (χ3v) is 9.40. The zero-order valence-electron chi connectivity index (χ0n) is 34.8. The summed E-state index contributed by atoms with van der Waals surface area (Å²) >= 11 is 0. The van der Waals surface area contributed by atoms with E-state index in [0.29, 0.717) is 19.3 Å². The van der Waals surface area contributed by atoms with Gasteiger partial charge in [0.05, 0.1) is 18.9 Å². The number of nitrogens with zero attached hydrogens (tertiary/aromatic N) is 1. The lowest BCUT2D eigenvalue weighted by Gasteiger charge is -2.28. The molecule has 8 amide bonds. The molecule has 0 heterocycles. The largest absolute Gasteiger partial charge is 0.480 e. The molecule has 1 rings (SSSR count). The molecule has 0 aliphatic heterocycles. The molecule has 0 unspecified atom stereocenters. The molecule has 0 radical (unpaired) electrons. The molecule has 0 spiro atoms. The van der Waals surface area contributed by atoms with Crippen LogP contribution in [0.3, 0.4) is 0 Å². The van der Waals surface area contributed by atoms with Crippen molar-refractivity contribution in [3.8, 4) is 0 Å². The first kappa shape index (κ1) is 52.7. The zero-order chi connectivity index (χ0) is 46.2. The lowest BCUT2D eigenvalue weighted by atomic mass is 9.96. The molecule has 0 aliphatic carbocycles. The number of hydrogen-bond acceptors (Lipinski definition) is 12. The van der Waals surface area contributed by atoms with Crippen LogP contribution < -0.4 is 66.3 Å². The fraction of sp³-hybridized carbons (Fsp3) is 0.579. The van der Waals surface area contributed by atoms with Crippen molar-refractivity contribution in [2.45, 2.75) is 121 Å². The SMILES string of the molecule is CC[C@H](C)[C@H](NC(=O)[C@@H](N)Cc1ccccc1)C(=O)N[C@@H](CCCN=C(N)N)C(=O)N[C@@H](CC(N)=O)C(=O)N[C@@H](CCCCN)C(=O)N[C@@H](C)C(=O)N[C@@H](CC(N)=O)C(=O)O. The van der Waals surface area contributed by atoms with E-state index in [9.17, 15) is 48.3 Å². The van der Waals surface area contributed by atoms with Gasteiger partial charge in [0.2, 0.25) is 47.3 Å². The molecule has 61 heavy (non-hydrogen) atoms. The Morgan fingerprint density at radius 3 is 1.69 bits per heavy atom. The number of aliphatic imine (C=N–C) groups is 1. The molecule has 0 aromatic heterocycles. The molecule has 340 valence electrons. The summed E-state index contributed by atoms with van der Waals surface area (Å²) in [5.74, 6) is -9.41. The number of unbranched alkanes of at least 4 members (excludes halogenated alkanes) is 1. The highest BCUT2D eigenvalue weighted by Gasteiger charge is 2.34. The Kier molecular flexibility index (Phi) is 23.7. The van der Waals surface area contributed by atoms with Gasteiger partial charge >= 0.3 is 5.97 Å². The number of aliphatic carboxylic acids is 1. The topological polar surface area (TPSA) is 415 Å². The Morgan fingerprint density at radius 1 is 0.639 bits per heavy atom. The Morgan fingerprint density at radius 2 is 1.15 bits per heavy atom. The second-order valence-electron chi connectivity index (χ2n) is 14.6. The molecule has 0 bridgehead atoms. The first-order valence-electron chi connectivity index (χ1n) is 19.9. The normalized spacial score (nSPS) is 14.8. The zero-order valence-corrected chi connectivity index (χ0v) is 34.8. The van der Waals surface area contributed by atoms with Gasteiger partial charge in [-0.1, -0.05) is 50.6 Å². The van der Waals surface area contributed by atoms with Crippen LogP contribution in [0, 0.1) is 5.92 Å². The quantitative estimate of drug-likeness (QED) is 0.0205. The minimum Gasteiger partial charge on any atom is -0.480 e.